The van der Waals surface area contributed by atoms with Gasteiger partial charge in [0.15, 0.2) is 0 Å². The average molecular weight is 294 g/mol. The maximum atomic E-state index is 11.7. The molecule has 4 N–H and O–H groups in total. The Balaban J connectivity index is 2.49. The van der Waals surface area contributed by atoms with Gasteiger partial charge in [-0.25, -0.2) is 9.59 Å². The standard InChI is InChI=1S/C14H18N2O5/c1-9-4-2-3-5-10(9)8-15-14(21)16-11(13(19)20)6-7-12(17)18/h2-5,11H,6-8H2,1H3,(H,17,18)(H,19,20)(H2,15,16,21). The van der Waals surface area contributed by atoms with Gasteiger partial charge in [0.05, 0.1) is 0 Å². The van der Waals surface area contributed by atoms with Crippen molar-refractivity contribution in [3.05, 3.63) is 35.4 Å². The van der Waals surface area contributed by atoms with Crippen molar-refractivity contribution in [1.29, 1.82) is 0 Å². The zero-order valence-electron chi connectivity index (χ0n) is 11.6. The molecule has 0 saturated carbocycles. The molecule has 1 rings (SSSR count). The Labute approximate surface area is 122 Å². The molecule has 7 heteroatoms. The van der Waals surface area contributed by atoms with E-state index in [9.17, 15) is 14.4 Å². The summed E-state index contributed by atoms with van der Waals surface area (Å²) in [7, 11) is 0. The van der Waals surface area contributed by atoms with E-state index in [0.717, 1.165) is 11.1 Å². The number of benzene rings is 1. The van der Waals surface area contributed by atoms with Crippen molar-refractivity contribution in [3.8, 4) is 0 Å². The van der Waals surface area contributed by atoms with Crippen LogP contribution < -0.4 is 10.6 Å². The van der Waals surface area contributed by atoms with E-state index in [1.807, 2.05) is 31.2 Å². The molecule has 2 amide bonds. The first kappa shape index (κ1) is 16.5. The highest BCUT2D eigenvalue weighted by molar-refractivity contribution is 5.83. The third-order valence-electron chi connectivity index (χ3n) is 2.95. The van der Waals surface area contributed by atoms with Gasteiger partial charge in [-0.1, -0.05) is 24.3 Å². The summed E-state index contributed by atoms with van der Waals surface area (Å²) in [4.78, 5) is 33.0. The predicted octanol–water partition coefficient (Wildman–Crippen LogP) is 1.11. The van der Waals surface area contributed by atoms with E-state index in [1.165, 1.54) is 0 Å². The molecular weight excluding hydrogens is 276 g/mol. The number of carbonyl (C=O) groups excluding carboxylic acids is 1. The molecule has 0 aliphatic rings. The lowest BCUT2D eigenvalue weighted by molar-refractivity contribution is -0.140. The van der Waals surface area contributed by atoms with Crippen LogP contribution in [0.2, 0.25) is 0 Å². The molecule has 0 fully saturated rings. The van der Waals surface area contributed by atoms with Crippen LogP contribution in [0, 0.1) is 6.92 Å². The number of carboxylic acid groups (broad SMARTS) is 2. The summed E-state index contributed by atoms with van der Waals surface area (Å²) < 4.78 is 0. The number of aliphatic carboxylic acids is 2. The van der Waals surface area contributed by atoms with Gasteiger partial charge >= 0.3 is 18.0 Å². The molecule has 114 valence electrons. The normalized spacial score (nSPS) is 11.5. The van der Waals surface area contributed by atoms with Crippen LogP contribution >= 0.6 is 0 Å². The van der Waals surface area contributed by atoms with E-state index in [0.29, 0.717) is 0 Å². The van der Waals surface area contributed by atoms with Crippen molar-refractivity contribution in [2.75, 3.05) is 0 Å². The number of hydrogen-bond donors (Lipinski definition) is 4. The Morgan fingerprint density at radius 1 is 1.19 bits per heavy atom. The minimum atomic E-state index is -1.26. The summed E-state index contributed by atoms with van der Waals surface area (Å²) in [5.74, 6) is -2.37. The van der Waals surface area contributed by atoms with Crippen LogP contribution in [0.4, 0.5) is 4.79 Å². The summed E-state index contributed by atoms with van der Waals surface area (Å²) in [5, 5.41) is 22.3. The second-order valence-corrected chi connectivity index (χ2v) is 4.58. The summed E-state index contributed by atoms with van der Waals surface area (Å²) in [6.07, 6.45) is -0.489. The van der Waals surface area contributed by atoms with Gasteiger partial charge in [-0.15, -0.1) is 0 Å². The Kier molecular flexibility index (Phi) is 6.19. The fraction of sp³-hybridized carbons (Fsp3) is 0.357. The van der Waals surface area contributed by atoms with Crippen molar-refractivity contribution < 1.29 is 24.6 Å². The number of urea groups is 1. The average Bonchev–Trinajstić information content (AvgIpc) is 2.42. The third kappa shape index (κ3) is 5.94. The lowest BCUT2D eigenvalue weighted by atomic mass is 10.1. The molecule has 0 aromatic heterocycles. The van der Waals surface area contributed by atoms with E-state index in [2.05, 4.69) is 10.6 Å². The molecule has 1 aromatic rings. The van der Waals surface area contributed by atoms with Crippen molar-refractivity contribution in [2.45, 2.75) is 32.4 Å². The molecule has 0 heterocycles. The molecular formula is C14H18N2O5. The van der Waals surface area contributed by atoms with Crippen molar-refractivity contribution in [3.63, 3.8) is 0 Å². The Hall–Kier alpha value is -2.57. The van der Waals surface area contributed by atoms with Gasteiger partial charge in [-0.05, 0) is 24.5 Å². The molecule has 7 nitrogen and oxygen atoms in total. The topological polar surface area (TPSA) is 116 Å². The second-order valence-electron chi connectivity index (χ2n) is 4.58. The van der Waals surface area contributed by atoms with Crippen LogP contribution in [0.25, 0.3) is 0 Å². The minimum Gasteiger partial charge on any atom is -0.481 e. The zero-order chi connectivity index (χ0) is 15.8. The van der Waals surface area contributed by atoms with Gasteiger partial charge in [0.25, 0.3) is 0 Å². The molecule has 0 saturated heterocycles. The van der Waals surface area contributed by atoms with Gasteiger partial charge in [-0.2, -0.15) is 0 Å². The minimum absolute atomic E-state index is 0.164. The summed E-state index contributed by atoms with van der Waals surface area (Å²) in [5.41, 5.74) is 1.93. The number of nitrogens with one attached hydrogen (secondary N) is 2. The molecule has 0 aliphatic carbocycles. The van der Waals surface area contributed by atoms with Gasteiger partial charge in [0, 0.05) is 13.0 Å². The molecule has 1 unspecified atom stereocenters. The van der Waals surface area contributed by atoms with Crippen LogP contribution in [-0.4, -0.2) is 34.2 Å². The predicted molar refractivity (Wildman–Crippen MR) is 74.8 cm³/mol. The van der Waals surface area contributed by atoms with Crippen molar-refractivity contribution in [1.82, 2.24) is 10.6 Å². The lowest BCUT2D eigenvalue weighted by Gasteiger charge is -2.14. The maximum Gasteiger partial charge on any atom is 0.326 e. The molecule has 0 spiro atoms. The number of aryl methyl sites for hydroxylation is 1. The van der Waals surface area contributed by atoms with Gasteiger partial charge in [0.1, 0.15) is 6.04 Å². The van der Waals surface area contributed by atoms with E-state index in [4.69, 9.17) is 10.2 Å². The largest absolute Gasteiger partial charge is 0.481 e. The van der Waals surface area contributed by atoms with Crippen LogP contribution in [0.1, 0.15) is 24.0 Å². The fourth-order valence-electron chi connectivity index (χ4n) is 1.72. The van der Waals surface area contributed by atoms with E-state index in [1.54, 1.807) is 0 Å². The Morgan fingerprint density at radius 3 is 2.43 bits per heavy atom. The van der Waals surface area contributed by atoms with E-state index >= 15 is 0 Å². The van der Waals surface area contributed by atoms with Crippen LogP contribution in [0.3, 0.4) is 0 Å². The van der Waals surface area contributed by atoms with Gasteiger partial charge < -0.3 is 20.8 Å². The fourth-order valence-corrected chi connectivity index (χ4v) is 1.72. The third-order valence-corrected chi connectivity index (χ3v) is 2.95. The number of rotatable bonds is 7. The molecule has 0 aliphatic heterocycles. The maximum absolute atomic E-state index is 11.7. The summed E-state index contributed by atoms with van der Waals surface area (Å²) in [6, 6.07) is 5.62. The lowest BCUT2D eigenvalue weighted by Crippen LogP contribution is -2.46. The van der Waals surface area contributed by atoms with Gasteiger partial charge in [-0.3, -0.25) is 4.79 Å². The molecule has 21 heavy (non-hydrogen) atoms. The van der Waals surface area contributed by atoms with Crippen LogP contribution in [-0.2, 0) is 16.1 Å². The van der Waals surface area contributed by atoms with Crippen LogP contribution in [0.15, 0.2) is 24.3 Å². The number of carbonyl (C=O) groups is 3. The zero-order valence-corrected chi connectivity index (χ0v) is 11.6. The second kappa shape index (κ2) is 7.88. The Morgan fingerprint density at radius 2 is 1.86 bits per heavy atom. The number of carboxylic acids is 2. The number of hydrogen-bond acceptors (Lipinski definition) is 3. The highest BCUT2D eigenvalue weighted by atomic mass is 16.4. The smallest absolute Gasteiger partial charge is 0.326 e. The highest BCUT2D eigenvalue weighted by Gasteiger charge is 2.20. The first-order chi connectivity index (χ1) is 9.90. The first-order valence-corrected chi connectivity index (χ1v) is 6.43. The summed E-state index contributed by atoms with van der Waals surface area (Å²) in [6.45, 7) is 2.17. The number of amides is 2. The quantitative estimate of drug-likeness (QED) is 0.601. The van der Waals surface area contributed by atoms with Gasteiger partial charge in [0.2, 0.25) is 0 Å². The van der Waals surface area contributed by atoms with Crippen molar-refractivity contribution in [2.24, 2.45) is 0 Å². The SMILES string of the molecule is Cc1ccccc1CNC(=O)NC(CCC(=O)O)C(=O)O. The Bertz CT molecular complexity index is 530. The molecule has 1 aromatic carbocycles. The molecule has 0 bridgehead atoms. The van der Waals surface area contributed by atoms with E-state index in [-0.39, 0.29) is 19.4 Å². The summed E-state index contributed by atoms with van der Waals surface area (Å²) >= 11 is 0. The monoisotopic (exact) mass is 294 g/mol. The van der Waals surface area contributed by atoms with E-state index < -0.39 is 24.0 Å². The van der Waals surface area contributed by atoms with Crippen molar-refractivity contribution >= 4 is 18.0 Å². The van der Waals surface area contributed by atoms with Crippen LogP contribution in [0.5, 0.6) is 0 Å². The first-order valence-electron chi connectivity index (χ1n) is 6.43. The highest BCUT2D eigenvalue weighted by Crippen LogP contribution is 2.06. The molecule has 1 atom stereocenters. The molecule has 0 radical (unpaired) electrons.